The van der Waals surface area contributed by atoms with Crippen LogP contribution in [0.3, 0.4) is 0 Å². The van der Waals surface area contributed by atoms with Gasteiger partial charge in [0.1, 0.15) is 11.3 Å². The van der Waals surface area contributed by atoms with Gasteiger partial charge in [0.15, 0.2) is 17.8 Å². The van der Waals surface area contributed by atoms with Crippen molar-refractivity contribution < 1.29 is 9.53 Å². The number of ether oxygens (including phenoxy) is 1. The zero-order valence-electron chi connectivity index (χ0n) is 20.3. The van der Waals surface area contributed by atoms with E-state index < -0.39 is 11.5 Å². The first-order valence-corrected chi connectivity index (χ1v) is 12.4. The third kappa shape index (κ3) is 4.12. The summed E-state index contributed by atoms with van der Waals surface area (Å²) in [6.45, 7) is 1.73. The number of halogens is 1. The summed E-state index contributed by atoms with van der Waals surface area (Å²) in [5, 5.41) is 15.8. The monoisotopic (exact) mass is 524 g/mol. The highest BCUT2D eigenvalue weighted by atomic mass is 35.5. The highest BCUT2D eigenvalue weighted by molar-refractivity contribution is 6.30. The minimum atomic E-state index is -0.531. The van der Waals surface area contributed by atoms with Gasteiger partial charge in [-0.1, -0.05) is 67.1 Å². The minimum absolute atomic E-state index is 0.0723. The molecule has 0 spiro atoms. The second-order valence-corrected chi connectivity index (χ2v) is 9.08. The SMILES string of the molecule is CCc1nn2c(nnc3c(=O)n(NC(=O)COc4cccc5ccccc45)ccc32)c1-c1ccc(Cl)cc1. The standard InChI is InChI=1S/C28H21ClN6O3/c1-2-21-25(18-10-12-19(29)13-11-18)27-31-30-26-22(35(27)32-21)14-15-34(28(26)37)33-24(36)16-38-23-9-5-7-17-6-3-4-8-20(17)23/h3-15H,2,16H2,1H3,(H,33,36). The van der Waals surface area contributed by atoms with Gasteiger partial charge >= 0.3 is 0 Å². The first-order chi connectivity index (χ1) is 18.5. The van der Waals surface area contributed by atoms with Gasteiger partial charge < -0.3 is 4.74 Å². The van der Waals surface area contributed by atoms with Crippen LogP contribution in [0.5, 0.6) is 5.75 Å². The van der Waals surface area contributed by atoms with Crippen molar-refractivity contribution in [3.63, 3.8) is 0 Å². The first kappa shape index (κ1) is 23.6. The second-order valence-electron chi connectivity index (χ2n) is 8.64. The van der Waals surface area contributed by atoms with Crippen molar-refractivity contribution in [2.45, 2.75) is 13.3 Å². The molecule has 38 heavy (non-hydrogen) atoms. The molecule has 3 aromatic carbocycles. The number of hydrogen-bond donors (Lipinski definition) is 1. The van der Waals surface area contributed by atoms with Gasteiger partial charge in [0, 0.05) is 16.6 Å². The molecule has 10 heteroatoms. The molecule has 0 aliphatic rings. The number of pyridine rings is 1. The Kier molecular flexibility index (Phi) is 5.97. The van der Waals surface area contributed by atoms with E-state index in [4.69, 9.17) is 21.4 Å². The summed E-state index contributed by atoms with van der Waals surface area (Å²) in [4.78, 5) is 25.8. The topological polar surface area (TPSA) is 103 Å². The van der Waals surface area contributed by atoms with Gasteiger partial charge in [-0.2, -0.15) is 5.10 Å². The van der Waals surface area contributed by atoms with Gasteiger partial charge in [0.05, 0.1) is 11.3 Å². The second kappa shape index (κ2) is 9.60. The number of aromatic nitrogens is 5. The van der Waals surface area contributed by atoms with Crippen molar-refractivity contribution in [3.8, 4) is 16.9 Å². The maximum Gasteiger partial charge on any atom is 0.299 e. The van der Waals surface area contributed by atoms with Gasteiger partial charge in [0.25, 0.3) is 11.5 Å². The Morgan fingerprint density at radius 2 is 1.79 bits per heavy atom. The molecule has 0 aliphatic carbocycles. The molecule has 0 unspecified atom stereocenters. The normalized spacial score (nSPS) is 11.3. The van der Waals surface area contributed by atoms with Crippen molar-refractivity contribution in [3.05, 3.63) is 100 Å². The van der Waals surface area contributed by atoms with E-state index in [0.717, 1.165) is 32.3 Å². The summed E-state index contributed by atoms with van der Waals surface area (Å²) in [6, 6.07) is 22.4. The van der Waals surface area contributed by atoms with E-state index in [-0.39, 0.29) is 12.1 Å². The predicted molar refractivity (Wildman–Crippen MR) is 146 cm³/mol. The third-order valence-corrected chi connectivity index (χ3v) is 6.53. The smallest absolute Gasteiger partial charge is 0.299 e. The van der Waals surface area contributed by atoms with Crippen LogP contribution >= 0.6 is 11.6 Å². The lowest BCUT2D eigenvalue weighted by atomic mass is 10.0. The van der Waals surface area contributed by atoms with Crippen LogP contribution in [0.2, 0.25) is 5.02 Å². The Bertz CT molecular complexity index is 1890. The molecule has 0 saturated carbocycles. The highest BCUT2D eigenvalue weighted by Crippen LogP contribution is 2.30. The molecule has 3 heterocycles. The van der Waals surface area contributed by atoms with Crippen LogP contribution in [-0.4, -0.2) is 37.0 Å². The summed E-state index contributed by atoms with van der Waals surface area (Å²) in [7, 11) is 0. The van der Waals surface area contributed by atoms with Crippen molar-refractivity contribution in [1.29, 1.82) is 0 Å². The van der Waals surface area contributed by atoms with E-state index >= 15 is 0 Å². The third-order valence-electron chi connectivity index (χ3n) is 6.27. The van der Waals surface area contributed by atoms with E-state index in [2.05, 4.69) is 15.6 Å². The summed E-state index contributed by atoms with van der Waals surface area (Å²) in [6.07, 6.45) is 2.13. The van der Waals surface area contributed by atoms with Gasteiger partial charge in [-0.25, -0.2) is 9.19 Å². The quantitative estimate of drug-likeness (QED) is 0.341. The zero-order valence-corrected chi connectivity index (χ0v) is 21.0. The van der Waals surface area contributed by atoms with E-state index in [1.807, 2.05) is 55.5 Å². The lowest BCUT2D eigenvalue weighted by Crippen LogP contribution is -2.35. The molecule has 6 aromatic rings. The van der Waals surface area contributed by atoms with Crippen molar-refractivity contribution >= 4 is 45.0 Å². The largest absolute Gasteiger partial charge is 0.483 e. The molecule has 9 nitrogen and oxygen atoms in total. The van der Waals surface area contributed by atoms with E-state index in [1.54, 1.807) is 28.8 Å². The van der Waals surface area contributed by atoms with Crippen LogP contribution < -0.4 is 15.7 Å². The van der Waals surface area contributed by atoms with Gasteiger partial charge in [-0.05, 0) is 41.6 Å². The first-order valence-electron chi connectivity index (χ1n) is 12.0. The maximum atomic E-state index is 13.2. The van der Waals surface area contributed by atoms with E-state index in [1.165, 1.54) is 6.20 Å². The number of benzene rings is 3. The molecule has 0 atom stereocenters. The van der Waals surface area contributed by atoms with Crippen LogP contribution in [0.15, 0.2) is 83.8 Å². The zero-order chi connectivity index (χ0) is 26.2. The molecule has 0 aliphatic heterocycles. The number of aryl methyl sites for hydroxylation is 1. The molecule has 0 radical (unpaired) electrons. The summed E-state index contributed by atoms with van der Waals surface area (Å²) >= 11 is 6.06. The number of hydrogen-bond acceptors (Lipinski definition) is 6. The molecule has 1 amide bonds. The molecule has 0 bridgehead atoms. The Morgan fingerprint density at radius 3 is 2.61 bits per heavy atom. The number of carbonyl (C=O) groups is 1. The number of nitrogens with one attached hydrogen (secondary N) is 1. The van der Waals surface area contributed by atoms with Gasteiger partial charge in [-0.3, -0.25) is 15.0 Å². The number of fused-ring (bicyclic) bond motifs is 4. The fraction of sp³-hybridized carbons (Fsp3) is 0.107. The lowest BCUT2D eigenvalue weighted by Gasteiger charge is -2.11. The van der Waals surface area contributed by atoms with Crippen LogP contribution in [0, 0.1) is 0 Å². The lowest BCUT2D eigenvalue weighted by molar-refractivity contribution is -0.119. The molecule has 0 saturated heterocycles. The Hall–Kier alpha value is -4.76. The molecule has 0 fully saturated rings. The van der Waals surface area contributed by atoms with Crippen molar-refractivity contribution in [2.24, 2.45) is 0 Å². The molecule has 3 aromatic heterocycles. The molecule has 1 N–H and O–H groups in total. The van der Waals surface area contributed by atoms with Crippen LogP contribution in [0.25, 0.3) is 38.6 Å². The molecular weight excluding hydrogens is 504 g/mol. The summed E-state index contributed by atoms with van der Waals surface area (Å²) < 4.78 is 8.42. The number of carbonyl (C=O) groups excluding carboxylic acids is 1. The van der Waals surface area contributed by atoms with Gasteiger partial charge in [0.2, 0.25) is 0 Å². The fourth-order valence-corrected chi connectivity index (χ4v) is 4.60. The number of amides is 1. The molecule has 188 valence electrons. The van der Waals surface area contributed by atoms with E-state index in [0.29, 0.717) is 28.4 Å². The van der Waals surface area contributed by atoms with Crippen LogP contribution in [0.4, 0.5) is 0 Å². The Balaban J connectivity index is 1.30. The Morgan fingerprint density at radius 1 is 1.00 bits per heavy atom. The average Bonchev–Trinajstić information content (AvgIpc) is 3.33. The van der Waals surface area contributed by atoms with E-state index in [9.17, 15) is 9.59 Å². The van der Waals surface area contributed by atoms with Gasteiger partial charge in [-0.15, -0.1) is 10.2 Å². The molecular formula is C28H21ClN6O3. The number of nitrogens with zero attached hydrogens (tertiary/aromatic N) is 5. The maximum absolute atomic E-state index is 13.2. The summed E-state index contributed by atoms with van der Waals surface area (Å²) in [5.41, 5.74) is 5.66. The number of rotatable bonds is 6. The molecule has 6 rings (SSSR count). The Labute approximate surface area is 221 Å². The summed E-state index contributed by atoms with van der Waals surface area (Å²) in [5.74, 6) is 0.0880. The van der Waals surface area contributed by atoms with Crippen molar-refractivity contribution in [2.75, 3.05) is 12.0 Å². The minimum Gasteiger partial charge on any atom is -0.483 e. The average molecular weight is 525 g/mol. The van der Waals surface area contributed by atoms with Crippen LogP contribution in [-0.2, 0) is 11.2 Å². The predicted octanol–water partition coefficient (Wildman–Crippen LogP) is 4.62. The van der Waals surface area contributed by atoms with Crippen LogP contribution in [0.1, 0.15) is 12.6 Å². The fourth-order valence-electron chi connectivity index (χ4n) is 4.47. The highest BCUT2D eigenvalue weighted by Gasteiger charge is 2.19. The van der Waals surface area contributed by atoms with Crippen molar-refractivity contribution in [1.82, 2.24) is 24.5 Å².